The fourth-order valence-corrected chi connectivity index (χ4v) is 8.45. The number of carboxylic acid groups (broad SMARTS) is 2. The first-order valence-electron chi connectivity index (χ1n) is 19.9. The van der Waals surface area contributed by atoms with Crippen molar-refractivity contribution < 1.29 is 51.3 Å². The Hall–Kier alpha value is -7.62. The summed E-state index contributed by atoms with van der Waals surface area (Å²) in [5, 5.41) is 27.3. The molecule has 2 aliphatic rings. The molecule has 9 rings (SSSR count). The number of aryl methyl sites for hydroxylation is 2. The van der Waals surface area contributed by atoms with Crippen molar-refractivity contribution in [1.29, 1.82) is 0 Å². The van der Waals surface area contributed by atoms with Gasteiger partial charge in [-0.05, 0) is 78.6 Å². The van der Waals surface area contributed by atoms with Crippen LogP contribution in [-0.2, 0) is 15.2 Å². The molecule has 0 radical (unpaired) electrons. The second kappa shape index (κ2) is 18.8. The molecule has 66 heavy (non-hydrogen) atoms. The molecule has 0 amide bonds. The number of alkyl halides is 6. The largest absolute Gasteiger partial charge is 0.490 e. The maximum Gasteiger partial charge on any atom is 0.490 e. The van der Waals surface area contributed by atoms with Gasteiger partial charge in [0.05, 0.1) is 17.1 Å². The number of aromatic nitrogens is 2. The van der Waals surface area contributed by atoms with Gasteiger partial charge in [-0.25, -0.2) is 14.6 Å². The van der Waals surface area contributed by atoms with Crippen LogP contribution in [0.2, 0.25) is 0 Å². The molecule has 0 spiro atoms. The van der Waals surface area contributed by atoms with E-state index in [1.165, 1.54) is 11.1 Å². The third-order valence-electron chi connectivity index (χ3n) is 10.5. The number of nitrogens with one attached hydrogen (secondary N) is 1. The highest BCUT2D eigenvalue weighted by Crippen LogP contribution is 2.40. The van der Waals surface area contributed by atoms with E-state index in [1.54, 1.807) is 17.5 Å². The highest BCUT2D eigenvalue weighted by atomic mass is 32.1. The van der Waals surface area contributed by atoms with Crippen LogP contribution in [0, 0.1) is 13.8 Å². The summed E-state index contributed by atoms with van der Waals surface area (Å²) in [4.78, 5) is 31.7. The zero-order chi connectivity index (χ0) is 47.4. The average molecular weight is 918 g/mol. The Morgan fingerprint density at radius 1 is 0.576 bits per heavy atom. The highest BCUT2D eigenvalue weighted by molar-refractivity contribution is 7.08. The van der Waals surface area contributed by atoms with Crippen molar-refractivity contribution in [3.63, 3.8) is 0 Å². The molecule has 8 nitrogen and oxygen atoms in total. The number of hydrogen-bond donors (Lipinski definition) is 4. The number of rotatable bonds is 4. The Labute approximate surface area is 377 Å². The number of carboxylic acids is 2. The molecule has 5 heterocycles. The number of aliphatic carboxylic acids is 2. The normalized spacial score (nSPS) is 18.3. The van der Waals surface area contributed by atoms with Gasteiger partial charge in [-0.2, -0.15) is 26.3 Å². The number of carbonyl (C=O) groups is 2. The summed E-state index contributed by atoms with van der Waals surface area (Å²) in [6.45, 7) is 4.22. The van der Waals surface area contributed by atoms with Gasteiger partial charge in [0.25, 0.3) is 0 Å². The molecule has 8 bridgehead atoms. The van der Waals surface area contributed by atoms with Crippen LogP contribution in [0.5, 0.6) is 0 Å². The highest BCUT2D eigenvalue weighted by Gasteiger charge is 2.39. The number of aliphatic hydroxyl groups is 1. The monoisotopic (exact) mass is 917 g/mol. The van der Waals surface area contributed by atoms with E-state index < -0.39 is 29.9 Å². The van der Waals surface area contributed by atoms with Crippen molar-refractivity contribution >= 4 is 45.7 Å². The lowest BCUT2D eigenvalue weighted by Crippen LogP contribution is -2.29. The number of benzene rings is 4. The Balaban J connectivity index is 0.000000404. The second-order valence-corrected chi connectivity index (χ2v) is 16.1. The van der Waals surface area contributed by atoms with Crippen molar-refractivity contribution in [2.45, 2.75) is 31.8 Å². The van der Waals surface area contributed by atoms with Gasteiger partial charge >= 0.3 is 24.3 Å². The van der Waals surface area contributed by atoms with Gasteiger partial charge in [0, 0.05) is 55.0 Å². The lowest BCUT2D eigenvalue weighted by atomic mass is 9.83. The van der Waals surface area contributed by atoms with Gasteiger partial charge in [-0.15, -0.1) is 11.3 Å². The minimum absolute atomic E-state index is 0.652. The first-order chi connectivity index (χ1) is 31.3. The topological polar surface area (TPSA) is 136 Å². The van der Waals surface area contributed by atoms with Crippen LogP contribution in [0.1, 0.15) is 55.9 Å². The molecule has 1 unspecified atom stereocenters. The van der Waals surface area contributed by atoms with E-state index in [1.807, 2.05) is 60.8 Å². The van der Waals surface area contributed by atoms with Crippen LogP contribution in [0.15, 0.2) is 175 Å². The smallest absolute Gasteiger partial charge is 0.475 e. The first-order valence-corrected chi connectivity index (χ1v) is 20.8. The number of hydrogen-bond acceptors (Lipinski definition) is 6. The van der Waals surface area contributed by atoms with Gasteiger partial charge in [0.2, 0.25) is 0 Å². The summed E-state index contributed by atoms with van der Waals surface area (Å²) in [5.41, 5.74) is 12.8. The fourth-order valence-electron chi connectivity index (χ4n) is 7.29. The van der Waals surface area contributed by atoms with E-state index in [9.17, 15) is 31.4 Å². The van der Waals surface area contributed by atoms with E-state index in [2.05, 4.69) is 116 Å². The van der Waals surface area contributed by atoms with Crippen molar-refractivity contribution in [2.75, 3.05) is 0 Å². The maximum atomic E-state index is 13.1. The number of pyridine rings is 1. The predicted molar refractivity (Wildman–Crippen MR) is 240 cm³/mol. The third-order valence-corrected chi connectivity index (χ3v) is 11.6. The lowest BCUT2D eigenvalue weighted by molar-refractivity contribution is -0.193. The molecule has 0 fully saturated rings. The predicted octanol–water partition coefficient (Wildman–Crippen LogP) is 9.87. The van der Waals surface area contributed by atoms with E-state index >= 15 is 0 Å². The van der Waals surface area contributed by atoms with Gasteiger partial charge in [0.1, 0.15) is 0 Å². The number of nitrogens with zero attached hydrogens (tertiary/aromatic N) is 2. The molecule has 3 aromatic heterocycles. The molecule has 2 aliphatic heterocycles. The van der Waals surface area contributed by atoms with E-state index in [0.29, 0.717) is 11.3 Å². The lowest BCUT2D eigenvalue weighted by Gasteiger charge is -2.29. The summed E-state index contributed by atoms with van der Waals surface area (Å²) in [5.74, 6) is -5.51. The van der Waals surface area contributed by atoms with Gasteiger partial charge in [-0.3, -0.25) is 4.98 Å². The van der Waals surface area contributed by atoms with Crippen molar-refractivity contribution in [3.05, 3.63) is 235 Å². The molecule has 15 heteroatoms. The van der Waals surface area contributed by atoms with Crippen molar-refractivity contribution in [3.8, 4) is 0 Å². The first kappa shape index (κ1) is 46.4. The van der Waals surface area contributed by atoms with Crippen LogP contribution in [0.25, 0.3) is 16.7 Å². The summed E-state index contributed by atoms with van der Waals surface area (Å²) in [6.07, 6.45) is -2.29. The van der Waals surface area contributed by atoms with E-state index in [0.717, 1.165) is 70.7 Å². The third kappa shape index (κ3) is 10.0. The quantitative estimate of drug-likeness (QED) is 0.130. The Morgan fingerprint density at radius 2 is 1.08 bits per heavy atom. The van der Waals surface area contributed by atoms with Crippen molar-refractivity contribution in [2.24, 2.45) is 4.99 Å². The van der Waals surface area contributed by atoms with Crippen LogP contribution in [0.3, 0.4) is 0 Å². The Kier molecular flexibility index (Phi) is 13.2. The number of aliphatic imine (C=N–C) groups is 1. The zero-order valence-corrected chi connectivity index (χ0v) is 35.6. The molecule has 7 aromatic rings. The number of H-pyrrole nitrogens is 1. The molecular formula is C51H37F6N3O5S. The molecule has 4 N–H and O–H groups in total. The molecule has 334 valence electrons. The number of fused-ring (bicyclic) bond motifs is 7. The van der Waals surface area contributed by atoms with E-state index in [4.69, 9.17) is 29.8 Å². The van der Waals surface area contributed by atoms with Crippen LogP contribution < -0.4 is 9.06 Å². The van der Waals surface area contributed by atoms with Crippen LogP contribution >= 0.6 is 11.3 Å². The molecule has 4 aromatic carbocycles. The molecule has 0 saturated carbocycles. The maximum absolute atomic E-state index is 13.1. The number of aromatic amines is 1. The van der Waals surface area contributed by atoms with Gasteiger partial charge in [0.15, 0.2) is 5.60 Å². The fraction of sp³-hybridized carbons (Fsp3) is 0.0980. The summed E-state index contributed by atoms with van der Waals surface area (Å²) in [6, 6.07) is 48.1. The minimum Gasteiger partial charge on any atom is -0.475 e. The summed E-state index contributed by atoms with van der Waals surface area (Å²) >= 11 is 1.75. The molecular weight excluding hydrogens is 881 g/mol. The van der Waals surface area contributed by atoms with E-state index in [-0.39, 0.29) is 0 Å². The number of allylic oxidation sites excluding steroid dienone is 2. The van der Waals surface area contributed by atoms with Gasteiger partial charge < -0.3 is 20.3 Å². The molecule has 1 atom stereocenters. The number of halogens is 6. The van der Waals surface area contributed by atoms with Crippen LogP contribution in [-0.4, -0.2) is 55.3 Å². The Bertz CT molecular complexity index is 3110. The van der Waals surface area contributed by atoms with Crippen molar-refractivity contribution in [1.82, 2.24) is 9.97 Å². The minimum atomic E-state index is -5.08. The number of thiophene rings is 1. The summed E-state index contributed by atoms with van der Waals surface area (Å²) in [7, 11) is 0. The van der Waals surface area contributed by atoms with Crippen LogP contribution in [0.4, 0.5) is 26.3 Å². The zero-order valence-electron chi connectivity index (χ0n) is 34.8. The Morgan fingerprint density at radius 3 is 1.62 bits per heavy atom. The summed E-state index contributed by atoms with van der Waals surface area (Å²) < 4.78 is 65.7. The SMILES string of the molecule is Cc1ccc(/C2=c3\cc/c(s3)=C(\c3ccc(C)cc3)c3ccc([nH]3)C(O)(c3ccccc3)c3cncc(c3)/C(c3ccccc3)=C3/C=CC2=N3)cc1.O=C(O)C(F)(F)F.O=C(O)C(F)(F)F. The second-order valence-electron chi connectivity index (χ2n) is 15.0. The van der Waals surface area contributed by atoms with Gasteiger partial charge in [-0.1, -0.05) is 120 Å². The molecule has 0 aliphatic carbocycles. The standard InChI is InChI=1S/C47H35N3OS.2C2HF3O2/c1-30-13-17-33(18-14-30)45-39-22-21-38(49-39)44(32-9-5-3-6-10-32)35-27-37(29-48-28-35)47(51,36-11-7-4-8-12-36)43-26-23-40(50-43)46(42-25-24-41(45)52-42)34-19-15-31(2)16-20-34;2*3-2(4,5)1(6)7/h3-29,50-51H,1-2H3;2*(H,6,7)/b44-38-,45-41-,46-42-;;. The molecule has 0 saturated heterocycles. The average Bonchev–Trinajstić information content (AvgIpc) is 4.09.